The highest BCUT2D eigenvalue weighted by molar-refractivity contribution is 7.98. The molecule has 0 bridgehead atoms. The second-order valence-electron chi connectivity index (χ2n) is 6.36. The monoisotopic (exact) mass is 388 g/mol. The summed E-state index contributed by atoms with van der Waals surface area (Å²) in [4.78, 5) is 20.5. The first-order chi connectivity index (χ1) is 12.8. The Hall–Kier alpha value is -1.67. The molecule has 0 radical (unpaired) electrons. The molecule has 136 valence electrons. The molecular formula is C19H22N3O2S2+. The van der Waals surface area contributed by atoms with Crippen LogP contribution in [0.15, 0.2) is 46.3 Å². The van der Waals surface area contributed by atoms with Gasteiger partial charge in [-0.05, 0) is 17.9 Å². The van der Waals surface area contributed by atoms with Crippen molar-refractivity contribution in [2.75, 3.05) is 39.1 Å². The lowest BCUT2D eigenvalue weighted by molar-refractivity contribution is -0.908. The second kappa shape index (κ2) is 7.92. The zero-order valence-corrected chi connectivity index (χ0v) is 16.4. The number of thiophene rings is 1. The van der Waals surface area contributed by atoms with E-state index in [2.05, 4.69) is 12.1 Å². The van der Waals surface area contributed by atoms with Gasteiger partial charge in [0, 0.05) is 4.88 Å². The maximum Gasteiger partial charge on any atom is 0.272 e. The minimum absolute atomic E-state index is 0.0826. The normalized spacial score (nSPS) is 15.6. The maximum absolute atomic E-state index is 13.1. The van der Waals surface area contributed by atoms with Crippen LogP contribution >= 0.6 is 23.1 Å². The summed E-state index contributed by atoms with van der Waals surface area (Å²) in [5.41, 5.74) is 2.02. The minimum atomic E-state index is 0.0826. The topological polar surface area (TPSA) is 48.6 Å². The van der Waals surface area contributed by atoms with Crippen molar-refractivity contribution in [1.82, 2.24) is 9.55 Å². The van der Waals surface area contributed by atoms with Crippen LogP contribution in [0.2, 0.25) is 0 Å². The number of hydrogen-bond acceptors (Lipinski definition) is 5. The fraction of sp³-hybridized carbons (Fsp3) is 0.368. The van der Waals surface area contributed by atoms with Gasteiger partial charge in [-0.15, -0.1) is 11.3 Å². The molecule has 1 fully saturated rings. The van der Waals surface area contributed by atoms with Crippen molar-refractivity contribution in [3.63, 3.8) is 0 Å². The lowest BCUT2D eigenvalue weighted by Gasteiger charge is -2.24. The number of nitrogens with one attached hydrogen (secondary N) is 1. The van der Waals surface area contributed by atoms with Crippen LogP contribution in [-0.4, -0.2) is 48.7 Å². The fourth-order valence-electron chi connectivity index (χ4n) is 3.27. The molecule has 1 aromatic carbocycles. The summed E-state index contributed by atoms with van der Waals surface area (Å²) in [5, 5.41) is 0.799. The molecule has 0 saturated carbocycles. The average Bonchev–Trinajstić information content (AvgIpc) is 3.13. The molecule has 5 nitrogen and oxygen atoms in total. The molecule has 0 unspecified atom stereocenters. The number of benzene rings is 1. The van der Waals surface area contributed by atoms with Gasteiger partial charge in [0.05, 0.1) is 31.8 Å². The third kappa shape index (κ3) is 3.57. The number of quaternary nitrogens is 1. The molecule has 4 rings (SSSR count). The van der Waals surface area contributed by atoms with Gasteiger partial charge in [-0.2, -0.15) is 0 Å². The van der Waals surface area contributed by atoms with Crippen molar-refractivity contribution < 1.29 is 9.64 Å². The van der Waals surface area contributed by atoms with E-state index < -0.39 is 0 Å². The number of thioether (sulfide) groups is 1. The molecule has 0 aliphatic carbocycles. The molecule has 1 saturated heterocycles. The van der Waals surface area contributed by atoms with Gasteiger partial charge in [0.1, 0.15) is 17.8 Å². The van der Waals surface area contributed by atoms with Gasteiger partial charge in [-0.1, -0.05) is 42.1 Å². The highest BCUT2D eigenvalue weighted by atomic mass is 32.2. The van der Waals surface area contributed by atoms with E-state index in [0.29, 0.717) is 6.54 Å². The van der Waals surface area contributed by atoms with Crippen LogP contribution in [-0.2, 0) is 11.3 Å². The Morgan fingerprint density at radius 2 is 2.04 bits per heavy atom. The van der Waals surface area contributed by atoms with Crippen molar-refractivity contribution >= 4 is 33.3 Å². The summed E-state index contributed by atoms with van der Waals surface area (Å²) in [5.74, 6) is 0. The van der Waals surface area contributed by atoms with E-state index in [0.717, 1.165) is 58.7 Å². The number of morpholine rings is 1. The van der Waals surface area contributed by atoms with E-state index in [4.69, 9.17) is 9.72 Å². The molecule has 1 aliphatic rings. The Balaban J connectivity index is 1.68. The van der Waals surface area contributed by atoms with Crippen molar-refractivity contribution in [2.45, 2.75) is 11.7 Å². The molecule has 3 heterocycles. The number of ether oxygens (including phenoxy) is 1. The molecule has 0 atom stereocenters. The number of hydrogen-bond donors (Lipinski definition) is 1. The van der Waals surface area contributed by atoms with E-state index in [1.807, 2.05) is 35.1 Å². The number of nitrogens with zero attached hydrogens (tertiary/aromatic N) is 2. The summed E-state index contributed by atoms with van der Waals surface area (Å²) < 4.78 is 8.02. The van der Waals surface area contributed by atoms with Crippen LogP contribution in [0.3, 0.4) is 0 Å². The third-order valence-electron chi connectivity index (χ3n) is 4.73. The largest absolute Gasteiger partial charge is 0.370 e. The van der Waals surface area contributed by atoms with Crippen molar-refractivity contribution in [1.29, 1.82) is 0 Å². The molecule has 7 heteroatoms. The Labute approximate surface area is 160 Å². The molecule has 2 aromatic heterocycles. The van der Waals surface area contributed by atoms with Gasteiger partial charge in [-0.25, -0.2) is 4.98 Å². The van der Waals surface area contributed by atoms with Crippen LogP contribution in [0.1, 0.15) is 0 Å². The van der Waals surface area contributed by atoms with Crippen LogP contribution in [0.4, 0.5) is 0 Å². The third-order valence-corrected chi connectivity index (χ3v) is 6.57. The summed E-state index contributed by atoms with van der Waals surface area (Å²) >= 11 is 3.08. The molecule has 3 aromatic rings. The van der Waals surface area contributed by atoms with E-state index in [9.17, 15) is 4.79 Å². The fourth-order valence-corrected chi connectivity index (χ4v) is 4.90. The van der Waals surface area contributed by atoms with Crippen molar-refractivity contribution in [3.8, 4) is 10.4 Å². The predicted molar refractivity (Wildman–Crippen MR) is 107 cm³/mol. The summed E-state index contributed by atoms with van der Waals surface area (Å²) in [6, 6.07) is 12.2. The van der Waals surface area contributed by atoms with Crippen LogP contribution in [0.5, 0.6) is 0 Å². The van der Waals surface area contributed by atoms with Gasteiger partial charge < -0.3 is 9.64 Å². The van der Waals surface area contributed by atoms with E-state index in [1.54, 1.807) is 0 Å². The predicted octanol–water partition coefficient (Wildman–Crippen LogP) is 1.76. The second-order valence-corrected chi connectivity index (χ2v) is 8.18. The zero-order valence-electron chi connectivity index (χ0n) is 14.7. The van der Waals surface area contributed by atoms with E-state index >= 15 is 0 Å². The highest BCUT2D eigenvalue weighted by Crippen LogP contribution is 2.31. The molecule has 0 spiro atoms. The number of fused-ring (bicyclic) bond motifs is 1. The van der Waals surface area contributed by atoms with Gasteiger partial charge in [0.2, 0.25) is 0 Å². The zero-order chi connectivity index (χ0) is 17.9. The average molecular weight is 389 g/mol. The van der Waals surface area contributed by atoms with Crippen molar-refractivity contribution in [3.05, 3.63) is 46.8 Å². The number of aromatic nitrogens is 2. The smallest absolute Gasteiger partial charge is 0.272 e. The Morgan fingerprint density at radius 3 is 2.77 bits per heavy atom. The Kier molecular flexibility index (Phi) is 5.40. The van der Waals surface area contributed by atoms with Gasteiger partial charge in [0.25, 0.3) is 5.56 Å². The molecule has 1 aliphatic heterocycles. The minimum Gasteiger partial charge on any atom is -0.370 e. The lowest BCUT2D eigenvalue weighted by Crippen LogP contribution is -3.14. The van der Waals surface area contributed by atoms with Gasteiger partial charge >= 0.3 is 0 Å². The molecule has 26 heavy (non-hydrogen) atoms. The maximum atomic E-state index is 13.1. The van der Waals surface area contributed by atoms with Crippen molar-refractivity contribution in [2.24, 2.45) is 0 Å². The molecule has 1 N–H and O–H groups in total. The Morgan fingerprint density at radius 1 is 1.27 bits per heavy atom. The van der Waals surface area contributed by atoms with Gasteiger partial charge in [-0.3, -0.25) is 9.36 Å². The standard InChI is InChI=1S/C19H21N3O2S2/c1-25-19-20-15-13-16(14-5-3-2-4-6-14)26-17(15)18(23)22(19)8-7-21-9-11-24-12-10-21/h2-6,13H,7-12H2,1H3/p+1. The van der Waals surface area contributed by atoms with Gasteiger partial charge in [0.15, 0.2) is 5.16 Å². The first kappa shape index (κ1) is 17.7. The summed E-state index contributed by atoms with van der Waals surface area (Å²) in [7, 11) is 0. The first-order valence-electron chi connectivity index (χ1n) is 8.81. The molecular weight excluding hydrogens is 366 g/mol. The summed E-state index contributed by atoms with van der Waals surface area (Å²) in [6.07, 6.45) is 1.98. The summed E-state index contributed by atoms with van der Waals surface area (Å²) in [6.45, 7) is 5.27. The van der Waals surface area contributed by atoms with Crippen LogP contribution in [0, 0.1) is 0 Å². The highest BCUT2D eigenvalue weighted by Gasteiger charge is 2.18. The lowest BCUT2D eigenvalue weighted by atomic mass is 10.2. The quantitative estimate of drug-likeness (QED) is 0.535. The van der Waals surface area contributed by atoms with Crippen LogP contribution in [0.25, 0.3) is 20.7 Å². The Bertz CT molecular complexity index is 947. The van der Waals surface area contributed by atoms with E-state index in [1.165, 1.54) is 28.0 Å². The van der Waals surface area contributed by atoms with E-state index in [-0.39, 0.29) is 5.56 Å². The SMILES string of the molecule is CSc1nc2cc(-c3ccccc3)sc2c(=O)n1CC[NH+]1CCOCC1. The molecule has 0 amide bonds. The number of rotatable bonds is 5. The first-order valence-corrected chi connectivity index (χ1v) is 10.9. The van der Waals surface area contributed by atoms with Crippen LogP contribution < -0.4 is 10.5 Å².